The molecule has 1 aromatic heterocycles. The third-order valence-corrected chi connectivity index (χ3v) is 14.5. The van der Waals surface area contributed by atoms with Crippen LogP contribution in [0.3, 0.4) is 0 Å². The fraction of sp³-hybridized carbons (Fsp3) is 0.591. The zero-order valence-electron chi connectivity index (χ0n) is 33.2. The van der Waals surface area contributed by atoms with Crippen LogP contribution in [0, 0.1) is 41.4 Å². The number of aromatic nitrogens is 1. The van der Waals surface area contributed by atoms with E-state index in [1.54, 1.807) is 46.7 Å². The Labute approximate surface area is 350 Å². The molecule has 12 nitrogen and oxygen atoms in total. The van der Waals surface area contributed by atoms with Crippen LogP contribution in [0.25, 0.3) is 0 Å². The van der Waals surface area contributed by atoms with Gasteiger partial charge in [0.15, 0.2) is 11.5 Å². The fourth-order valence-electron chi connectivity index (χ4n) is 8.84. The van der Waals surface area contributed by atoms with Crippen LogP contribution in [0.4, 0.5) is 0 Å². The lowest BCUT2D eigenvalue weighted by atomic mass is 9.78. The van der Waals surface area contributed by atoms with Crippen molar-refractivity contribution in [1.82, 2.24) is 15.6 Å². The quantitative estimate of drug-likeness (QED) is 0.0892. The van der Waals surface area contributed by atoms with Crippen molar-refractivity contribution in [2.45, 2.75) is 94.3 Å². The maximum absolute atomic E-state index is 12.0. The number of hydrogen-bond acceptors (Lipinski definition) is 13. The van der Waals surface area contributed by atoms with Gasteiger partial charge in [-0.3, -0.25) is 0 Å². The molecule has 14 heteroatoms. The Morgan fingerprint density at radius 2 is 1.88 bits per heavy atom. The van der Waals surface area contributed by atoms with Gasteiger partial charge >= 0.3 is 0 Å². The molecule has 1 fully saturated rings. The van der Waals surface area contributed by atoms with E-state index in [-0.39, 0.29) is 48.5 Å². The van der Waals surface area contributed by atoms with Crippen LogP contribution < -0.4 is 21.1 Å². The molecule has 1 aromatic carbocycles. The predicted molar refractivity (Wildman–Crippen MR) is 230 cm³/mol. The SMILES string of the molecule is C[C@H](O)CN[C@@H]1CC[C@H](O)[C@@H]2[C@H](O)C[C@@H](c3ccc(O)c(O[C@H]4C[C@@H](Cc5ccc[nH]5)C5=CCNC(N)=C5CSSC[C@H](CO)[C@@H]4O)c3)C=C[C@@H]2C#C[C@H](CCO)C1. The highest BCUT2D eigenvalue weighted by Crippen LogP contribution is 2.42. The topological polar surface area (TPSA) is 217 Å². The first kappa shape index (κ1) is 44.5. The van der Waals surface area contributed by atoms with E-state index in [0.717, 1.165) is 22.4 Å². The molecule has 2 aliphatic carbocycles. The lowest BCUT2D eigenvalue weighted by molar-refractivity contribution is -0.0214. The van der Waals surface area contributed by atoms with E-state index in [1.807, 2.05) is 30.5 Å². The van der Waals surface area contributed by atoms with Gasteiger partial charge in [-0.1, -0.05) is 57.7 Å². The Morgan fingerprint density at radius 1 is 1.03 bits per heavy atom. The van der Waals surface area contributed by atoms with Crippen LogP contribution in [-0.2, 0) is 6.42 Å². The highest BCUT2D eigenvalue weighted by atomic mass is 33.1. The third-order valence-electron chi connectivity index (χ3n) is 12.1. The van der Waals surface area contributed by atoms with Crippen molar-refractivity contribution in [1.29, 1.82) is 0 Å². The van der Waals surface area contributed by atoms with Crippen molar-refractivity contribution in [3.8, 4) is 23.3 Å². The molecule has 6 rings (SSSR count). The number of aromatic amines is 1. The summed E-state index contributed by atoms with van der Waals surface area (Å²) < 4.78 is 6.68. The second kappa shape index (κ2) is 21.4. The number of aliphatic hydroxyl groups is 6. The number of allylic oxidation sites excluding steroid dienone is 3. The molecule has 0 radical (unpaired) electrons. The molecule has 0 unspecified atom stereocenters. The minimum atomic E-state index is -1.06. The minimum absolute atomic E-state index is 0.00293. The number of nitrogens with one attached hydrogen (secondary N) is 3. The van der Waals surface area contributed by atoms with Crippen molar-refractivity contribution in [2.75, 3.05) is 37.8 Å². The van der Waals surface area contributed by atoms with Crippen LogP contribution in [0.5, 0.6) is 11.5 Å². The van der Waals surface area contributed by atoms with Gasteiger partial charge in [0.1, 0.15) is 11.9 Å². The molecule has 0 amide bonds. The number of benzene rings is 1. The molecule has 0 saturated carbocycles. The summed E-state index contributed by atoms with van der Waals surface area (Å²) in [6, 6.07) is 9.12. The normalized spacial score (nSPS) is 32.8. The Bertz CT molecular complexity index is 1780. The molecule has 3 heterocycles. The van der Waals surface area contributed by atoms with Gasteiger partial charge in [0.25, 0.3) is 0 Å². The molecule has 58 heavy (non-hydrogen) atoms. The summed E-state index contributed by atoms with van der Waals surface area (Å²) in [4.78, 5) is 3.32. The van der Waals surface area contributed by atoms with E-state index in [0.29, 0.717) is 75.4 Å². The maximum Gasteiger partial charge on any atom is 0.161 e. The molecular weight excluding hydrogens is 777 g/mol. The fourth-order valence-corrected chi connectivity index (χ4v) is 11.4. The third kappa shape index (κ3) is 11.6. The van der Waals surface area contributed by atoms with E-state index in [9.17, 15) is 35.7 Å². The molecule has 2 aliphatic heterocycles. The molecule has 2 aromatic rings. The number of phenolic OH excluding ortho intramolecular Hbond substituents is 1. The van der Waals surface area contributed by atoms with Crippen molar-refractivity contribution >= 4 is 21.6 Å². The number of aromatic hydroxyl groups is 1. The largest absolute Gasteiger partial charge is 0.504 e. The molecule has 12 atom stereocenters. The van der Waals surface area contributed by atoms with E-state index in [1.165, 1.54) is 0 Å². The van der Waals surface area contributed by atoms with Crippen molar-refractivity contribution in [3.63, 3.8) is 0 Å². The summed E-state index contributed by atoms with van der Waals surface area (Å²) in [5.41, 5.74) is 10.5. The molecule has 0 spiro atoms. The molecule has 318 valence electrons. The predicted octanol–water partition coefficient (Wildman–Crippen LogP) is 3.30. The second-order valence-electron chi connectivity index (χ2n) is 16.4. The van der Waals surface area contributed by atoms with E-state index in [2.05, 4.69) is 33.5 Å². The maximum atomic E-state index is 12.0. The molecular formula is C44H62N4O8S2. The van der Waals surface area contributed by atoms with Gasteiger partial charge in [-0.15, -0.1) is 0 Å². The summed E-state index contributed by atoms with van der Waals surface area (Å²) in [7, 11) is 3.21. The first-order chi connectivity index (χ1) is 28.0. The Balaban J connectivity index is 1.28. The van der Waals surface area contributed by atoms with Gasteiger partial charge in [-0.2, -0.15) is 0 Å². The van der Waals surface area contributed by atoms with Gasteiger partial charge in [0.2, 0.25) is 0 Å². The van der Waals surface area contributed by atoms with Crippen LogP contribution >= 0.6 is 21.6 Å². The van der Waals surface area contributed by atoms with Gasteiger partial charge in [-0.05, 0) is 93.2 Å². The molecule has 4 aliphatic rings. The first-order valence-electron chi connectivity index (χ1n) is 20.7. The number of nitrogens with two attached hydrogens (primary N) is 1. The Hall–Kier alpha value is -3.10. The zero-order valence-corrected chi connectivity index (χ0v) is 34.9. The van der Waals surface area contributed by atoms with Crippen molar-refractivity contribution < 1.29 is 40.5 Å². The monoisotopic (exact) mass is 838 g/mol. The average Bonchev–Trinajstić information content (AvgIpc) is 3.65. The minimum Gasteiger partial charge on any atom is -0.504 e. The first-order valence-corrected chi connectivity index (χ1v) is 23.2. The van der Waals surface area contributed by atoms with Crippen molar-refractivity contribution in [2.24, 2.45) is 35.3 Å². The smallest absolute Gasteiger partial charge is 0.161 e. The number of H-pyrrole nitrogens is 1. The van der Waals surface area contributed by atoms with E-state index < -0.39 is 48.3 Å². The van der Waals surface area contributed by atoms with Gasteiger partial charge in [0.05, 0.1) is 24.4 Å². The number of hydrogen-bond donors (Lipinski definition) is 11. The van der Waals surface area contributed by atoms with E-state index >= 15 is 0 Å². The number of phenols is 1. The summed E-state index contributed by atoms with van der Waals surface area (Å²) in [6.07, 6.45) is 7.48. The number of aliphatic hydroxyl groups excluding tert-OH is 6. The summed E-state index contributed by atoms with van der Waals surface area (Å²) in [5, 5.41) is 83.4. The number of fused-ring (bicyclic) bond motifs is 2. The van der Waals surface area contributed by atoms with Crippen LogP contribution in [0.1, 0.15) is 62.6 Å². The number of rotatable bonds is 11. The standard InChI is InChI=1S/C44H62N4O8S2/c1-26(51)22-48-34-9-11-38(53)42-28(5-4-27(17-34)13-16-49)6-7-29(19-39(42)54)30-8-10-37(52)40(20-30)56-41-21-31(18-33-3-2-14-46-33)35-12-15-47-44(45)36(35)25-58-57-24-32(23-50)43(41)55/h2-3,6-8,10,12,14,20,26-29,31-32,34,38-39,41-43,46-55H,9,11,13,15-19,21-25,45H2,1H3/t26-,27+,28-,29-,31+,32-,34+,38-,39+,41-,42+,43-/m0/s1. The highest BCUT2D eigenvalue weighted by Gasteiger charge is 2.38. The Morgan fingerprint density at radius 3 is 2.64 bits per heavy atom. The lowest BCUT2D eigenvalue weighted by Gasteiger charge is -2.34. The van der Waals surface area contributed by atoms with Gasteiger partial charge < -0.3 is 61.8 Å². The molecule has 0 bridgehead atoms. The highest BCUT2D eigenvalue weighted by molar-refractivity contribution is 8.76. The average molecular weight is 839 g/mol. The Kier molecular flexibility index (Phi) is 16.4. The van der Waals surface area contributed by atoms with Gasteiger partial charge in [0, 0.05) is 90.9 Å². The van der Waals surface area contributed by atoms with Crippen LogP contribution in [0.15, 0.2) is 71.7 Å². The lowest BCUT2D eigenvalue weighted by Crippen LogP contribution is -2.42. The van der Waals surface area contributed by atoms with Crippen LogP contribution in [-0.4, -0.2) is 115 Å². The molecule has 12 N–H and O–H groups in total. The second-order valence-corrected chi connectivity index (χ2v) is 18.9. The number of ether oxygens (including phenoxy) is 1. The van der Waals surface area contributed by atoms with Crippen LogP contribution in [0.2, 0.25) is 0 Å². The summed E-state index contributed by atoms with van der Waals surface area (Å²) in [6.45, 7) is 2.47. The zero-order chi connectivity index (χ0) is 41.2. The summed E-state index contributed by atoms with van der Waals surface area (Å²) >= 11 is 0. The van der Waals surface area contributed by atoms with Gasteiger partial charge in [-0.25, -0.2) is 0 Å². The number of dihydropyridines is 1. The molecule has 1 saturated heterocycles. The van der Waals surface area contributed by atoms with Crippen molar-refractivity contribution in [3.05, 3.63) is 83.0 Å². The summed E-state index contributed by atoms with van der Waals surface area (Å²) in [5.74, 6) is 6.64. The van der Waals surface area contributed by atoms with E-state index in [4.69, 9.17) is 10.5 Å².